The molecular formula is C28H27ClN4O. The number of carbonyl (C=O) groups excluding carboxylic acids is 1. The van der Waals surface area contributed by atoms with Crippen LogP contribution in [-0.2, 0) is 0 Å². The van der Waals surface area contributed by atoms with E-state index >= 15 is 0 Å². The molecule has 0 aliphatic carbocycles. The molecule has 1 amide bonds. The van der Waals surface area contributed by atoms with Crippen LogP contribution >= 0.6 is 11.6 Å². The van der Waals surface area contributed by atoms with Crippen LogP contribution in [0.25, 0.3) is 16.9 Å². The highest BCUT2D eigenvalue weighted by atomic mass is 35.5. The number of hydrogen-bond acceptors (Lipinski definition) is 3. The molecule has 6 heteroatoms. The number of aryl methyl sites for hydroxylation is 2. The molecule has 1 saturated heterocycles. The minimum absolute atomic E-state index is 0.000371. The van der Waals surface area contributed by atoms with Crippen molar-refractivity contribution in [3.05, 3.63) is 101 Å². The SMILES string of the molecule is Cc1ccc(-n2nc(-c3ccccc3)cc2C(=O)N2CCN(c3cccc(Cl)c3)CC2)c(C)c1. The van der Waals surface area contributed by atoms with Crippen LogP contribution in [0.2, 0.25) is 5.02 Å². The molecular weight excluding hydrogens is 444 g/mol. The fraction of sp³-hybridized carbons (Fsp3) is 0.214. The number of rotatable bonds is 4. The Labute approximate surface area is 205 Å². The van der Waals surface area contributed by atoms with Gasteiger partial charge in [-0.05, 0) is 49.7 Å². The van der Waals surface area contributed by atoms with Crippen LogP contribution in [0.1, 0.15) is 21.6 Å². The lowest BCUT2D eigenvalue weighted by molar-refractivity contribution is 0.0737. The Morgan fingerprint density at radius 2 is 1.62 bits per heavy atom. The Kier molecular flexibility index (Phi) is 6.12. The van der Waals surface area contributed by atoms with Gasteiger partial charge in [-0.1, -0.05) is 65.7 Å². The van der Waals surface area contributed by atoms with Gasteiger partial charge in [0.25, 0.3) is 5.91 Å². The van der Waals surface area contributed by atoms with E-state index in [1.165, 1.54) is 5.56 Å². The Morgan fingerprint density at radius 1 is 0.853 bits per heavy atom. The van der Waals surface area contributed by atoms with Gasteiger partial charge in [0.05, 0.1) is 11.4 Å². The molecule has 4 aromatic rings. The van der Waals surface area contributed by atoms with E-state index in [0.717, 1.165) is 46.3 Å². The maximum atomic E-state index is 13.7. The van der Waals surface area contributed by atoms with Gasteiger partial charge in [-0.15, -0.1) is 0 Å². The highest BCUT2D eigenvalue weighted by Gasteiger charge is 2.27. The van der Waals surface area contributed by atoms with Gasteiger partial charge in [0.1, 0.15) is 5.69 Å². The van der Waals surface area contributed by atoms with E-state index < -0.39 is 0 Å². The third-order valence-electron chi connectivity index (χ3n) is 6.32. The van der Waals surface area contributed by atoms with E-state index in [1.807, 2.05) is 70.2 Å². The lowest BCUT2D eigenvalue weighted by atomic mass is 10.1. The first-order valence-electron chi connectivity index (χ1n) is 11.5. The quantitative estimate of drug-likeness (QED) is 0.380. The van der Waals surface area contributed by atoms with Crippen LogP contribution in [0.4, 0.5) is 5.69 Å². The van der Waals surface area contributed by atoms with Crippen molar-refractivity contribution in [2.75, 3.05) is 31.1 Å². The van der Waals surface area contributed by atoms with E-state index in [4.69, 9.17) is 16.7 Å². The summed E-state index contributed by atoms with van der Waals surface area (Å²) >= 11 is 6.17. The van der Waals surface area contributed by atoms with Crippen molar-refractivity contribution in [1.29, 1.82) is 0 Å². The van der Waals surface area contributed by atoms with Crippen molar-refractivity contribution in [3.63, 3.8) is 0 Å². The molecule has 0 atom stereocenters. The van der Waals surface area contributed by atoms with Gasteiger partial charge in [-0.3, -0.25) is 4.79 Å². The Bertz CT molecular complexity index is 1320. The summed E-state index contributed by atoms with van der Waals surface area (Å²) in [6, 6.07) is 26.0. The molecule has 34 heavy (non-hydrogen) atoms. The van der Waals surface area contributed by atoms with Crippen molar-refractivity contribution < 1.29 is 4.79 Å². The molecule has 172 valence electrons. The zero-order chi connectivity index (χ0) is 23.7. The number of anilines is 1. The normalized spacial score (nSPS) is 13.9. The van der Waals surface area contributed by atoms with E-state index in [-0.39, 0.29) is 5.91 Å². The maximum absolute atomic E-state index is 13.7. The molecule has 5 nitrogen and oxygen atoms in total. The molecule has 0 N–H and O–H groups in total. The van der Waals surface area contributed by atoms with Crippen LogP contribution in [0.15, 0.2) is 78.9 Å². The first kappa shape index (κ1) is 22.2. The van der Waals surface area contributed by atoms with Gasteiger partial charge in [0, 0.05) is 42.5 Å². The highest BCUT2D eigenvalue weighted by Crippen LogP contribution is 2.26. The number of halogens is 1. The number of carbonyl (C=O) groups is 1. The smallest absolute Gasteiger partial charge is 0.272 e. The summed E-state index contributed by atoms with van der Waals surface area (Å²) in [6.45, 7) is 6.93. The molecule has 2 heterocycles. The molecule has 0 bridgehead atoms. The zero-order valence-electron chi connectivity index (χ0n) is 19.4. The standard InChI is InChI=1S/C28H27ClN4O/c1-20-11-12-26(21(2)17-20)33-27(19-25(30-33)22-7-4-3-5-8-22)28(34)32-15-13-31(14-16-32)24-10-6-9-23(29)18-24/h3-12,17-19H,13-16H2,1-2H3. The van der Waals surface area contributed by atoms with Crippen molar-refractivity contribution >= 4 is 23.2 Å². The van der Waals surface area contributed by atoms with Crippen LogP contribution in [0.3, 0.4) is 0 Å². The molecule has 0 spiro atoms. The van der Waals surface area contributed by atoms with E-state index in [0.29, 0.717) is 18.8 Å². The Hall–Kier alpha value is -3.57. The molecule has 1 aliphatic rings. The zero-order valence-corrected chi connectivity index (χ0v) is 20.2. The average Bonchev–Trinajstić information content (AvgIpc) is 3.29. The Morgan fingerprint density at radius 3 is 2.32 bits per heavy atom. The number of nitrogens with zero attached hydrogens (tertiary/aromatic N) is 4. The first-order valence-corrected chi connectivity index (χ1v) is 11.9. The van der Waals surface area contributed by atoms with E-state index in [1.54, 1.807) is 0 Å². The van der Waals surface area contributed by atoms with Gasteiger partial charge in [-0.25, -0.2) is 4.68 Å². The predicted octanol–water partition coefficient (Wildman–Crippen LogP) is 5.77. The third-order valence-corrected chi connectivity index (χ3v) is 6.55. The summed E-state index contributed by atoms with van der Waals surface area (Å²) in [5.74, 6) is 0.000371. The van der Waals surface area contributed by atoms with Crippen molar-refractivity contribution in [2.45, 2.75) is 13.8 Å². The topological polar surface area (TPSA) is 41.4 Å². The number of aromatic nitrogens is 2. The monoisotopic (exact) mass is 470 g/mol. The van der Waals surface area contributed by atoms with Gasteiger partial charge < -0.3 is 9.80 Å². The van der Waals surface area contributed by atoms with Crippen LogP contribution in [0, 0.1) is 13.8 Å². The summed E-state index contributed by atoms with van der Waals surface area (Å²) in [6.07, 6.45) is 0. The highest BCUT2D eigenvalue weighted by molar-refractivity contribution is 6.30. The summed E-state index contributed by atoms with van der Waals surface area (Å²) in [4.78, 5) is 17.9. The fourth-order valence-corrected chi connectivity index (χ4v) is 4.70. The average molecular weight is 471 g/mol. The molecule has 3 aromatic carbocycles. The Balaban J connectivity index is 1.45. The van der Waals surface area contributed by atoms with Gasteiger partial charge in [0.2, 0.25) is 0 Å². The molecule has 1 aromatic heterocycles. The summed E-state index contributed by atoms with van der Waals surface area (Å²) < 4.78 is 1.81. The lowest BCUT2D eigenvalue weighted by Crippen LogP contribution is -2.49. The van der Waals surface area contributed by atoms with Gasteiger partial charge in [-0.2, -0.15) is 5.10 Å². The number of piperazine rings is 1. The predicted molar refractivity (Wildman–Crippen MR) is 138 cm³/mol. The summed E-state index contributed by atoms with van der Waals surface area (Å²) in [5.41, 5.74) is 6.65. The fourth-order valence-electron chi connectivity index (χ4n) is 4.51. The molecule has 0 radical (unpaired) electrons. The molecule has 0 saturated carbocycles. The van der Waals surface area contributed by atoms with Crippen LogP contribution < -0.4 is 4.90 Å². The van der Waals surface area contributed by atoms with Crippen molar-refractivity contribution in [3.8, 4) is 16.9 Å². The third kappa shape index (κ3) is 4.44. The largest absolute Gasteiger partial charge is 0.368 e. The molecule has 1 fully saturated rings. The number of hydrogen-bond donors (Lipinski definition) is 0. The first-order chi connectivity index (χ1) is 16.5. The van der Waals surface area contributed by atoms with E-state index in [9.17, 15) is 4.79 Å². The number of amides is 1. The minimum Gasteiger partial charge on any atom is -0.368 e. The molecule has 5 rings (SSSR count). The summed E-state index contributed by atoms with van der Waals surface area (Å²) in [7, 11) is 0. The molecule has 1 aliphatic heterocycles. The van der Waals surface area contributed by atoms with E-state index in [2.05, 4.69) is 36.9 Å². The van der Waals surface area contributed by atoms with Crippen LogP contribution in [0.5, 0.6) is 0 Å². The number of benzene rings is 3. The van der Waals surface area contributed by atoms with Gasteiger partial charge in [0.15, 0.2) is 0 Å². The molecule has 0 unspecified atom stereocenters. The minimum atomic E-state index is 0.000371. The second kappa shape index (κ2) is 9.35. The second-order valence-electron chi connectivity index (χ2n) is 8.74. The summed E-state index contributed by atoms with van der Waals surface area (Å²) in [5, 5.41) is 5.60. The van der Waals surface area contributed by atoms with Gasteiger partial charge >= 0.3 is 0 Å². The maximum Gasteiger partial charge on any atom is 0.272 e. The van der Waals surface area contributed by atoms with Crippen molar-refractivity contribution in [2.24, 2.45) is 0 Å². The van der Waals surface area contributed by atoms with Crippen LogP contribution in [-0.4, -0.2) is 46.8 Å². The van der Waals surface area contributed by atoms with Crippen molar-refractivity contribution in [1.82, 2.24) is 14.7 Å². The lowest BCUT2D eigenvalue weighted by Gasteiger charge is -2.36. The second-order valence-corrected chi connectivity index (χ2v) is 9.18.